The molecular weight excluding hydrogens is 429 g/mol. The second-order valence-electron chi connectivity index (χ2n) is 8.56. The van der Waals surface area contributed by atoms with Crippen molar-refractivity contribution < 1.29 is 31.6 Å². The maximum Gasteiger partial charge on any atom is 0.344 e. The van der Waals surface area contributed by atoms with E-state index in [0.29, 0.717) is 5.75 Å². The fourth-order valence-corrected chi connectivity index (χ4v) is 5.81. The highest BCUT2D eigenvalue weighted by molar-refractivity contribution is 7.86. The second-order valence-corrected chi connectivity index (χ2v) is 12.2. The molecule has 1 rings (SSSR count). The van der Waals surface area contributed by atoms with Crippen molar-refractivity contribution in [2.45, 2.75) is 65.8 Å². The molecule has 0 aromatic heterocycles. The predicted molar refractivity (Wildman–Crippen MR) is 118 cm³/mol. The first-order chi connectivity index (χ1) is 13.5. The molecule has 0 aliphatic rings. The number of aliphatic carboxylic acids is 1. The van der Waals surface area contributed by atoms with Crippen molar-refractivity contribution in [3.8, 4) is 5.75 Å². The molecule has 0 aliphatic carbocycles. The van der Waals surface area contributed by atoms with Gasteiger partial charge in [0.05, 0.1) is 6.26 Å². The van der Waals surface area contributed by atoms with Crippen molar-refractivity contribution in [2.24, 2.45) is 5.92 Å². The SMILES string of the molecule is CC(C)c1cccc(C(C)C)c1OP(=O)(COS(C)(=O)=O)NC(C)(C(=O)O)C(C)C. The van der Waals surface area contributed by atoms with Gasteiger partial charge in [0, 0.05) is 0 Å². The monoisotopic (exact) mass is 463 g/mol. The number of para-hydroxylation sites is 1. The van der Waals surface area contributed by atoms with E-state index in [-0.39, 0.29) is 11.8 Å². The minimum atomic E-state index is -4.13. The standard InChI is InChI=1S/C20H34NO7PS/c1-13(2)16-10-9-11-17(14(3)4)18(16)28-29(24,12-27-30(8,25)26)21-20(7,15(5)6)19(22)23/h9-11,13-15H,12H2,1-8H3,(H,21,24)(H,22,23). The minimum Gasteiger partial charge on any atom is -0.480 e. The molecule has 10 heteroatoms. The lowest BCUT2D eigenvalue weighted by molar-refractivity contribution is -0.145. The Hall–Kier alpha value is -1.41. The smallest absolute Gasteiger partial charge is 0.344 e. The van der Waals surface area contributed by atoms with Gasteiger partial charge >= 0.3 is 13.5 Å². The quantitative estimate of drug-likeness (QED) is 0.363. The number of hydrogen-bond acceptors (Lipinski definition) is 6. The summed E-state index contributed by atoms with van der Waals surface area (Å²) < 4.78 is 47.7. The Morgan fingerprint density at radius 3 is 1.93 bits per heavy atom. The summed E-state index contributed by atoms with van der Waals surface area (Å²) in [5.74, 6) is -1.30. The third kappa shape index (κ3) is 6.80. The van der Waals surface area contributed by atoms with Crippen LogP contribution in [0.5, 0.6) is 5.75 Å². The molecule has 0 radical (unpaired) electrons. The normalized spacial score (nSPS) is 16.5. The maximum atomic E-state index is 13.8. The molecule has 1 aromatic rings. The summed E-state index contributed by atoms with van der Waals surface area (Å²) >= 11 is 0. The molecule has 0 aliphatic heterocycles. The summed E-state index contributed by atoms with van der Waals surface area (Å²) in [7, 11) is -8.07. The van der Waals surface area contributed by atoms with Crippen LogP contribution in [0, 0.1) is 5.92 Å². The first-order valence-corrected chi connectivity index (χ1v) is 13.4. The zero-order valence-corrected chi connectivity index (χ0v) is 20.6. The van der Waals surface area contributed by atoms with E-state index in [1.54, 1.807) is 13.8 Å². The highest BCUT2D eigenvalue weighted by atomic mass is 32.2. The van der Waals surface area contributed by atoms with Crippen LogP contribution in [0.2, 0.25) is 0 Å². The van der Waals surface area contributed by atoms with Crippen molar-refractivity contribution >= 4 is 23.6 Å². The maximum absolute atomic E-state index is 13.8. The number of nitrogens with one attached hydrogen (secondary N) is 1. The molecule has 0 spiro atoms. The fraction of sp³-hybridized carbons (Fsp3) is 0.650. The van der Waals surface area contributed by atoms with E-state index >= 15 is 0 Å². The van der Waals surface area contributed by atoms with Gasteiger partial charge in [-0.1, -0.05) is 59.7 Å². The Labute approximate surface area is 180 Å². The zero-order valence-electron chi connectivity index (χ0n) is 18.9. The van der Waals surface area contributed by atoms with Gasteiger partial charge in [-0.2, -0.15) is 8.42 Å². The summed E-state index contributed by atoms with van der Waals surface area (Å²) in [5.41, 5.74) is -0.0745. The lowest BCUT2D eigenvalue weighted by Crippen LogP contribution is -2.53. The van der Waals surface area contributed by atoms with Crippen LogP contribution in [0.15, 0.2) is 18.2 Å². The van der Waals surface area contributed by atoms with Crippen LogP contribution in [0.4, 0.5) is 0 Å². The van der Waals surface area contributed by atoms with Crippen molar-refractivity contribution in [3.05, 3.63) is 29.3 Å². The Morgan fingerprint density at radius 1 is 1.13 bits per heavy atom. The Morgan fingerprint density at radius 2 is 1.60 bits per heavy atom. The molecule has 0 fully saturated rings. The molecule has 2 unspecified atom stereocenters. The lowest BCUT2D eigenvalue weighted by atomic mass is 9.90. The van der Waals surface area contributed by atoms with Crippen molar-refractivity contribution in [3.63, 3.8) is 0 Å². The molecule has 0 saturated carbocycles. The summed E-state index contributed by atoms with van der Waals surface area (Å²) in [6.45, 7) is 12.5. The molecule has 0 saturated heterocycles. The molecule has 0 bridgehead atoms. The van der Waals surface area contributed by atoms with Gasteiger partial charge in [0.1, 0.15) is 11.3 Å². The first kappa shape index (κ1) is 26.6. The number of carboxylic acid groups (broad SMARTS) is 1. The third-order valence-corrected chi connectivity index (χ3v) is 7.47. The van der Waals surface area contributed by atoms with Crippen LogP contribution >= 0.6 is 7.52 Å². The molecular formula is C20H34NO7PS. The van der Waals surface area contributed by atoms with Crippen LogP contribution in [-0.2, 0) is 23.7 Å². The van der Waals surface area contributed by atoms with E-state index in [4.69, 9.17) is 8.71 Å². The number of benzene rings is 1. The van der Waals surface area contributed by atoms with Crippen molar-refractivity contribution in [1.82, 2.24) is 5.09 Å². The second kappa shape index (κ2) is 9.81. The summed E-state index contributed by atoms with van der Waals surface area (Å²) in [6.07, 6.45) is 0.00315. The summed E-state index contributed by atoms with van der Waals surface area (Å²) in [6, 6.07) is 5.55. The Bertz CT molecular complexity index is 885. The highest BCUT2D eigenvalue weighted by Gasteiger charge is 2.45. The lowest BCUT2D eigenvalue weighted by Gasteiger charge is -2.35. The average Bonchev–Trinajstić information content (AvgIpc) is 2.58. The van der Waals surface area contributed by atoms with Gasteiger partial charge in [0.25, 0.3) is 10.1 Å². The molecule has 172 valence electrons. The van der Waals surface area contributed by atoms with E-state index < -0.39 is 41.4 Å². The molecule has 1 aromatic carbocycles. The highest BCUT2D eigenvalue weighted by Crippen LogP contribution is 2.50. The van der Waals surface area contributed by atoms with Gasteiger partial charge in [-0.25, -0.2) is 5.09 Å². The van der Waals surface area contributed by atoms with Crippen LogP contribution in [0.3, 0.4) is 0 Å². The molecule has 8 nitrogen and oxygen atoms in total. The van der Waals surface area contributed by atoms with Gasteiger partial charge in [-0.15, -0.1) is 0 Å². The molecule has 30 heavy (non-hydrogen) atoms. The topological polar surface area (TPSA) is 119 Å². The van der Waals surface area contributed by atoms with E-state index in [9.17, 15) is 22.9 Å². The Balaban J connectivity index is 3.59. The van der Waals surface area contributed by atoms with Gasteiger partial charge in [-0.3, -0.25) is 13.5 Å². The van der Waals surface area contributed by atoms with E-state index in [1.807, 2.05) is 45.9 Å². The first-order valence-electron chi connectivity index (χ1n) is 9.81. The zero-order chi connectivity index (χ0) is 23.5. The average molecular weight is 464 g/mol. The van der Waals surface area contributed by atoms with Gasteiger partial charge in [-0.05, 0) is 35.8 Å². The minimum absolute atomic E-state index is 0.0268. The largest absolute Gasteiger partial charge is 0.480 e. The van der Waals surface area contributed by atoms with E-state index in [0.717, 1.165) is 17.4 Å². The van der Waals surface area contributed by atoms with Gasteiger partial charge in [0.2, 0.25) is 0 Å². The van der Waals surface area contributed by atoms with Gasteiger partial charge < -0.3 is 9.63 Å². The van der Waals surface area contributed by atoms with Crippen molar-refractivity contribution in [2.75, 3.05) is 12.6 Å². The number of carboxylic acids is 1. The molecule has 0 heterocycles. The predicted octanol–water partition coefficient (Wildman–Crippen LogP) is 4.53. The van der Waals surface area contributed by atoms with E-state index in [2.05, 4.69) is 5.09 Å². The van der Waals surface area contributed by atoms with Crippen LogP contribution in [-0.4, -0.2) is 37.6 Å². The van der Waals surface area contributed by atoms with Crippen molar-refractivity contribution in [1.29, 1.82) is 0 Å². The van der Waals surface area contributed by atoms with Crippen LogP contribution < -0.4 is 9.61 Å². The van der Waals surface area contributed by atoms with Crippen LogP contribution in [0.1, 0.15) is 71.4 Å². The molecule has 0 amide bonds. The van der Waals surface area contributed by atoms with Crippen LogP contribution in [0.25, 0.3) is 0 Å². The summed E-state index contributed by atoms with van der Waals surface area (Å²) in [4.78, 5) is 11.9. The fourth-order valence-electron chi connectivity index (χ4n) is 2.76. The Kier molecular flexibility index (Phi) is 8.71. The van der Waals surface area contributed by atoms with E-state index in [1.165, 1.54) is 6.92 Å². The molecule has 2 atom stereocenters. The molecule has 2 N–H and O–H groups in total. The summed E-state index contributed by atoms with van der Waals surface area (Å²) in [5, 5.41) is 12.4. The van der Waals surface area contributed by atoms with Gasteiger partial charge in [0.15, 0.2) is 6.35 Å². The number of rotatable bonds is 11. The number of carbonyl (C=O) groups is 1. The number of hydrogen-bond donors (Lipinski definition) is 2. The third-order valence-electron chi connectivity index (χ3n) is 5.00.